The third-order valence-corrected chi connectivity index (χ3v) is 9.75. The molecule has 0 amide bonds. The van der Waals surface area contributed by atoms with E-state index in [1.54, 1.807) is 6.92 Å². The van der Waals surface area contributed by atoms with E-state index in [9.17, 15) is 9.59 Å². The lowest BCUT2D eigenvalue weighted by Gasteiger charge is -2.52. The first kappa shape index (κ1) is 24.1. The maximum Gasteiger partial charge on any atom is 0.362 e. The molecule has 5 aliphatic rings. The van der Waals surface area contributed by atoms with Gasteiger partial charge in [-0.25, -0.2) is 9.78 Å². The Kier molecular flexibility index (Phi) is 6.65. The van der Waals surface area contributed by atoms with Gasteiger partial charge in [0, 0.05) is 24.7 Å². The second-order valence-electron chi connectivity index (χ2n) is 12.3. The SMILES string of the molecule is CCOC(=O)c1nc2ccccc2n([C@@H]2CCC3CC[C@H](C2)N([C@H]2C[C@@H]4C[C@@H](C)C[C@@H](C4)C2)C3)c1=O. The van der Waals surface area contributed by atoms with Crippen molar-refractivity contribution in [1.29, 1.82) is 0 Å². The molecule has 4 bridgehead atoms. The van der Waals surface area contributed by atoms with Gasteiger partial charge >= 0.3 is 5.97 Å². The fourth-order valence-corrected chi connectivity index (χ4v) is 8.43. The third-order valence-electron chi connectivity index (χ3n) is 9.75. The first-order valence-corrected chi connectivity index (χ1v) is 14.4. The second-order valence-corrected chi connectivity index (χ2v) is 12.3. The molecule has 1 aromatic carbocycles. The van der Waals surface area contributed by atoms with E-state index < -0.39 is 5.97 Å². The molecule has 3 heterocycles. The van der Waals surface area contributed by atoms with E-state index in [-0.39, 0.29) is 23.9 Å². The minimum Gasteiger partial charge on any atom is -0.461 e. The topological polar surface area (TPSA) is 64.4 Å². The van der Waals surface area contributed by atoms with E-state index >= 15 is 0 Å². The van der Waals surface area contributed by atoms with E-state index in [1.807, 2.05) is 28.8 Å². The van der Waals surface area contributed by atoms with Crippen LogP contribution in [0.15, 0.2) is 29.1 Å². The van der Waals surface area contributed by atoms with Crippen LogP contribution < -0.4 is 5.56 Å². The molecule has 6 heteroatoms. The molecule has 1 aromatic heterocycles. The van der Waals surface area contributed by atoms with Crippen molar-refractivity contribution in [2.75, 3.05) is 13.2 Å². The van der Waals surface area contributed by atoms with Crippen LogP contribution in [0.25, 0.3) is 11.0 Å². The fourth-order valence-electron chi connectivity index (χ4n) is 8.43. The lowest BCUT2D eigenvalue weighted by Crippen LogP contribution is -2.54. The highest BCUT2D eigenvalue weighted by Crippen LogP contribution is 2.46. The van der Waals surface area contributed by atoms with Crippen molar-refractivity contribution in [3.05, 3.63) is 40.3 Å². The normalized spacial score (nSPS) is 34.8. The zero-order valence-corrected chi connectivity index (χ0v) is 21.9. The maximum atomic E-state index is 13.7. The third kappa shape index (κ3) is 4.51. The van der Waals surface area contributed by atoms with Crippen LogP contribution in [0.2, 0.25) is 0 Å². The lowest BCUT2D eigenvalue weighted by molar-refractivity contribution is -0.0171. The highest BCUT2D eigenvalue weighted by Gasteiger charge is 2.42. The van der Waals surface area contributed by atoms with Gasteiger partial charge in [0.25, 0.3) is 5.56 Å². The number of aromatic nitrogens is 2. The molecule has 2 saturated heterocycles. The Morgan fingerprint density at radius 1 is 0.917 bits per heavy atom. The van der Waals surface area contributed by atoms with E-state index in [4.69, 9.17) is 4.74 Å². The first-order chi connectivity index (χ1) is 17.5. The fraction of sp³-hybridized carbons (Fsp3) is 0.700. The molecule has 0 N–H and O–H groups in total. The Bertz CT molecular complexity index is 1160. The molecule has 3 saturated carbocycles. The van der Waals surface area contributed by atoms with Crippen LogP contribution in [0.1, 0.15) is 94.6 Å². The van der Waals surface area contributed by atoms with Gasteiger partial charge in [0.2, 0.25) is 5.69 Å². The molecule has 0 spiro atoms. The standard InChI is InChI=1S/C30H41N3O3/c1-3-36-30(35)28-29(34)33(27-7-5-4-6-26(27)31-28)24-11-9-20-8-10-23(17-24)32(18-20)25-15-21-12-19(2)13-22(14-21)16-25/h4-7,19-25H,3,8-18H2,1-2H3/t19-,20?,21-,22+,23-,24-,25+/m1/s1. The molecule has 1 unspecified atom stereocenters. The van der Waals surface area contributed by atoms with Crippen molar-refractivity contribution in [3.8, 4) is 0 Å². The number of benzene rings is 1. The number of rotatable bonds is 4. The predicted octanol–water partition coefficient (Wildman–Crippen LogP) is 5.59. The van der Waals surface area contributed by atoms with Gasteiger partial charge < -0.3 is 9.30 Å². The van der Waals surface area contributed by atoms with E-state index in [1.165, 1.54) is 51.5 Å². The Hall–Kier alpha value is -2.21. The number of para-hydroxylation sites is 2. The number of ether oxygens (including phenoxy) is 1. The van der Waals surface area contributed by atoms with Crippen molar-refractivity contribution in [3.63, 3.8) is 0 Å². The Morgan fingerprint density at radius 2 is 1.64 bits per heavy atom. The number of carbonyl (C=O) groups is 1. The number of hydrogen-bond donors (Lipinski definition) is 0. The van der Waals surface area contributed by atoms with Crippen molar-refractivity contribution >= 4 is 17.0 Å². The number of fused-ring (bicyclic) bond motifs is 8. The Labute approximate surface area is 214 Å². The van der Waals surface area contributed by atoms with Crippen LogP contribution in [0, 0.1) is 23.7 Å². The minimum atomic E-state index is -0.612. The van der Waals surface area contributed by atoms with Gasteiger partial charge in [0.15, 0.2) is 0 Å². The molecular formula is C30H41N3O3. The van der Waals surface area contributed by atoms with Crippen LogP contribution in [-0.2, 0) is 4.74 Å². The Balaban J connectivity index is 1.33. The van der Waals surface area contributed by atoms with E-state index in [2.05, 4.69) is 16.8 Å². The second kappa shape index (κ2) is 9.92. The van der Waals surface area contributed by atoms with Gasteiger partial charge in [0.1, 0.15) is 0 Å². The molecule has 2 aliphatic heterocycles. The average molecular weight is 492 g/mol. The summed E-state index contributed by atoms with van der Waals surface area (Å²) in [5, 5.41) is 0. The molecule has 2 aromatic rings. The quantitative estimate of drug-likeness (QED) is 0.522. The van der Waals surface area contributed by atoms with Crippen molar-refractivity contribution < 1.29 is 9.53 Å². The van der Waals surface area contributed by atoms with E-state index in [0.717, 1.165) is 42.5 Å². The summed E-state index contributed by atoms with van der Waals surface area (Å²) < 4.78 is 7.12. The highest BCUT2D eigenvalue weighted by molar-refractivity contribution is 5.89. The van der Waals surface area contributed by atoms with Gasteiger partial charge in [0.05, 0.1) is 17.6 Å². The molecule has 3 aliphatic carbocycles. The zero-order chi connectivity index (χ0) is 24.8. The van der Waals surface area contributed by atoms with Gasteiger partial charge in [-0.2, -0.15) is 0 Å². The van der Waals surface area contributed by atoms with Crippen LogP contribution in [-0.4, -0.2) is 45.7 Å². The summed E-state index contributed by atoms with van der Waals surface area (Å²) in [6, 6.07) is 9.06. The molecule has 0 radical (unpaired) electrons. The monoisotopic (exact) mass is 491 g/mol. The molecule has 5 fully saturated rings. The summed E-state index contributed by atoms with van der Waals surface area (Å²) >= 11 is 0. The summed E-state index contributed by atoms with van der Waals surface area (Å²) in [5.74, 6) is 2.78. The summed E-state index contributed by atoms with van der Waals surface area (Å²) in [4.78, 5) is 33.7. The summed E-state index contributed by atoms with van der Waals surface area (Å²) in [7, 11) is 0. The van der Waals surface area contributed by atoms with Gasteiger partial charge in [-0.1, -0.05) is 19.1 Å². The largest absolute Gasteiger partial charge is 0.461 e. The summed E-state index contributed by atoms with van der Waals surface area (Å²) in [6.07, 6.45) is 12.6. The maximum absolute atomic E-state index is 13.7. The molecular weight excluding hydrogens is 450 g/mol. The van der Waals surface area contributed by atoms with Crippen LogP contribution in [0.3, 0.4) is 0 Å². The van der Waals surface area contributed by atoms with Crippen molar-refractivity contribution in [2.24, 2.45) is 23.7 Å². The zero-order valence-electron chi connectivity index (χ0n) is 21.9. The van der Waals surface area contributed by atoms with E-state index in [0.29, 0.717) is 23.5 Å². The Morgan fingerprint density at radius 3 is 2.39 bits per heavy atom. The van der Waals surface area contributed by atoms with Gasteiger partial charge in [-0.15, -0.1) is 0 Å². The smallest absolute Gasteiger partial charge is 0.362 e. The summed E-state index contributed by atoms with van der Waals surface area (Å²) in [5.41, 5.74) is 1.17. The lowest BCUT2D eigenvalue weighted by atomic mass is 9.66. The van der Waals surface area contributed by atoms with Crippen LogP contribution in [0.4, 0.5) is 0 Å². The highest BCUT2D eigenvalue weighted by atomic mass is 16.5. The van der Waals surface area contributed by atoms with Crippen LogP contribution in [0.5, 0.6) is 0 Å². The number of nitrogens with zero attached hydrogens (tertiary/aromatic N) is 3. The number of carbonyl (C=O) groups excluding carboxylic acids is 1. The molecule has 7 rings (SSSR count). The summed E-state index contributed by atoms with van der Waals surface area (Å²) in [6.45, 7) is 5.68. The van der Waals surface area contributed by atoms with Crippen LogP contribution >= 0.6 is 0 Å². The molecule has 194 valence electrons. The number of piperidine rings is 1. The number of hydrogen-bond acceptors (Lipinski definition) is 5. The average Bonchev–Trinajstić information content (AvgIpc) is 2.84. The number of esters is 1. The minimum absolute atomic E-state index is 0.0751. The van der Waals surface area contributed by atoms with Crippen molar-refractivity contribution in [2.45, 2.75) is 96.2 Å². The van der Waals surface area contributed by atoms with Gasteiger partial charge in [-0.3, -0.25) is 9.69 Å². The predicted molar refractivity (Wildman–Crippen MR) is 141 cm³/mol. The first-order valence-electron chi connectivity index (χ1n) is 14.4. The van der Waals surface area contributed by atoms with Gasteiger partial charge in [-0.05, 0) is 107 Å². The molecule has 7 atom stereocenters. The molecule has 6 nitrogen and oxygen atoms in total. The molecule has 36 heavy (non-hydrogen) atoms. The van der Waals surface area contributed by atoms with Crippen molar-refractivity contribution in [1.82, 2.24) is 14.5 Å².